The first kappa shape index (κ1) is 20.7. The molecule has 3 rings (SSSR count). The first-order valence-corrected chi connectivity index (χ1v) is 10.3. The average molecular weight is 429 g/mol. The Labute approximate surface area is 169 Å². The van der Waals surface area contributed by atoms with E-state index in [1.165, 1.54) is 6.26 Å². The molecule has 0 N–H and O–H groups in total. The van der Waals surface area contributed by atoms with E-state index < -0.39 is 9.84 Å². The lowest BCUT2D eigenvalue weighted by molar-refractivity contribution is 0.602. The van der Waals surface area contributed by atoms with Crippen molar-refractivity contribution in [3.05, 3.63) is 71.5 Å². The van der Waals surface area contributed by atoms with Crippen molar-refractivity contribution in [1.29, 1.82) is 0 Å². The summed E-state index contributed by atoms with van der Waals surface area (Å²) in [7, 11) is -3.23. The van der Waals surface area contributed by atoms with Crippen molar-refractivity contribution in [3.8, 4) is 22.3 Å². The van der Waals surface area contributed by atoms with Crippen molar-refractivity contribution in [2.45, 2.75) is 10.8 Å². The zero-order chi connectivity index (χ0) is 18.0. The molecule has 7 heteroatoms. The molecule has 3 aromatic rings. The molecule has 0 aliphatic rings. The van der Waals surface area contributed by atoms with Gasteiger partial charge in [0.15, 0.2) is 9.84 Å². The Kier molecular flexibility index (Phi) is 6.69. The second-order valence-corrected chi connectivity index (χ2v) is 8.38. The van der Waals surface area contributed by atoms with Crippen LogP contribution < -0.4 is 0 Å². The molecule has 0 unspecified atom stereocenters. The summed E-state index contributed by atoms with van der Waals surface area (Å²) in [6, 6.07) is 16.2. The molecule has 26 heavy (non-hydrogen) atoms. The summed E-state index contributed by atoms with van der Waals surface area (Å²) in [5, 5.41) is 0.608. The first-order chi connectivity index (χ1) is 11.9. The van der Waals surface area contributed by atoms with Crippen molar-refractivity contribution in [3.63, 3.8) is 0 Å². The van der Waals surface area contributed by atoms with E-state index in [4.69, 9.17) is 23.2 Å². The highest BCUT2D eigenvalue weighted by Crippen LogP contribution is 2.34. The van der Waals surface area contributed by atoms with E-state index in [2.05, 4.69) is 4.98 Å². The number of nitrogens with zero attached hydrogens (tertiary/aromatic N) is 1. The highest BCUT2D eigenvalue weighted by atomic mass is 35.5. The van der Waals surface area contributed by atoms with Crippen molar-refractivity contribution in [2.24, 2.45) is 0 Å². The lowest BCUT2D eigenvalue weighted by Crippen LogP contribution is -1.96. The quantitative estimate of drug-likeness (QED) is 0.506. The number of aromatic nitrogens is 1. The Balaban J connectivity index is 0.00000243. The molecule has 1 heterocycles. The molecule has 0 saturated carbocycles. The molecule has 1 aromatic heterocycles. The fraction of sp³-hybridized carbons (Fsp3) is 0.105. The largest absolute Gasteiger partial charge is 0.259 e. The van der Waals surface area contributed by atoms with Crippen molar-refractivity contribution < 1.29 is 8.42 Å². The molecular formula is C19H16Cl3NO2S. The molecule has 0 aliphatic carbocycles. The van der Waals surface area contributed by atoms with E-state index in [0.29, 0.717) is 10.9 Å². The van der Waals surface area contributed by atoms with Crippen LogP contribution in [0.4, 0.5) is 0 Å². The molecule has 0 spiro atoms. The van der Waals surface area contributed by atoms with Gasteiger partial charge < -0.3 is 0 Å². The van der Waals surface area contributed by atoms with Gasteiger partial charge >= 0.3 is 0 Å². The molecule has 2 aromatic carbocycles. The predicted molar refractivity (Wildman–Crippen MR) is 110 cm³/mol. The average Bonchev–Trinajstić information content (AvgIpc) is 2.61. The third-order valence-electron chi connectivity index (χ3n) is 3.85. The third-order valence-corrected chi connectivity index (χ3v) is 5.49. The Morgan fingerprint density at radius 2 is 1.58 bits per heavy atom. The summed E-state index contributed by atoms with van der Waals surface area (Å²) >= 11 is 12.0. The molecule has 0 amide bonds. The lowest BCUT2D eigenvalue weighted by atomic mass is 9.95. The number of hydrogen-bond acceptors (Lipinski definition) is 3. The van der Waals surface area contributed by atoms with Crippen LogP contribution in [0.25, 0.3) is 22.3 Å². The molecule has 136 valence electrons. The van der Waals surface area contributed by atoms with Crippen LogP contribution in [0.15, 0.2) is 65.7 Å². The second kappa shape index (κ2) is 8.40. The number of halogens is 3. The summed E-state index contributed by atoms with van der Waals surface area (Å²) in [6.45, 7) is 0. The first-order valence-electron chi connectivity index (χ1n) is 7.50. The van der Waals surface area contributed by atoms with E-state index in [1.54, 1.807) is 30.5 Å². The van der Waals surface area contributed by atoms with Crippen LogP contribution in [0.1, 0.15) is 5.69 Å². The molecule has 0 aliphatic heterocycles. The van der Waals surface area contributed by atoms with Gasteiger partial charge in [-0.05, 0) is 47.0 Å². The minimum atomic E-state index is -3.23. The minimum Gasteiger partial charge on any atom is -0.259 e. The van der Waals surface area contributed by atoms with Crippen LogP contribution in [0.2, 0.25) is 5.02 Å². The Morgan fingerprint density at radius 3 is 2.12 bits per heavy atom. The maximum absolute atomic E-state index is 11.6. The molecule has 0 atom stereocenters. The van der Waals surface area contributed by atoms with E-state index in [9.17, 15) is 8.42 Å². The van der Waals surface area contributed by atoms with Crippen LogP contribution in [0.5, 0.6) is 0 Å². The fourth-order valence-corrected chi connectivity index (χ4v) is 3.51. The summed E-state index contributed by atoms with van der Waals surface area (Å²) in [5.74, 6) is 0.362. The number of sulfone groups is 1. The molecule has 3 nitrogen and oxygen atoms in total. The second-order valence-electron chi connectivity index (χ2n) is 5.66. The van der Waals surface area contributed by atoms with Crippen LogP contribution in [0, 0.1) is 0 Å². The number of benzene rings is 2. The maximum Gasteiger partial charge on any atom is 0.175 e. The van der Waals surface area contributed by atoms with E-state index >= 15 is 0 Å². The van der Waals surface area contributed by atoms with E-state index in [-0.39, 0.29) is 17.3 Å². The topological polar surface area (TPSA) is 47.0 Å². The van der Waals surface area contributed by atoms with Gasteiger partial charge in [0.25, 0.3) is 0 Å². The van der Waals surface area contributed by atoms with Gasteiger partial charge in [0, 0.05) is 23.0 Å². The van der Waals surface area contributed by atoms with Crippen LogP contribution in [-0.2, 0) is 15.7 Å². The number of alkyl halides is 1. The SMILES string of the molecule is CS(=O)(=O)c1ccc(-c2cc(Cl)ccc2-c2ccc(CCl)nc2)cc1.Cl. The van der Waals surface area contributed by atoms with Crippen LogP contribution in [0.3, 0.4) is 0 Å². The molecule has 0 saturated heterocycles. The zero-order valence-corrected chi connectivity index (χ0v) is 17.0. The number of hydrogen-bond donors (Lipinski definition) is 0. The molecular weight excluding hydrogens is 413 g/mol. The fourth-order valence-electron chi connectivity index (χ4n) is 2.55. The Morgan fingerprint density at radius 1 is 0.923 bits per heavy atom. The van der Waals surface area contributed by atoms with Crippen molar-refractivity contribution in [1.82, 2.24) is 4.98 Å². The maximum atomic E-state index is 11.6. The normalized spacial score (nSPS) is 11.0. The number of pyridine rings is 1. The monoisotopic (exact) mass is 427 g/mol. The minimum absolute atomic E-state index is 0. The summed E-state index contributed by atoms with van der Waals surface area (Å²) in [5.41, 5.74) is 4.50. The van der Waals surface area contributed by atoms with Gasteiger partial charge in [-0.2, -0.15) is 0 Å². The molecule has 0 bridgehead atoms. The standard InChI is InChI=1S/C19H15Cl2NO2S.ClH/c1-25(23,24)17-7-3-13(4-8-17)19-10-15(21)5-9-18(19)14-2-6-16(11-20)22-12-14;/h2-10,12H,11H2,1H3;1H. The Bertz CT molecular complexity index is 1000. The molecule has 0 fully saturated rings. The highest BCUT2D eigenvalue weighted by Gasteiger charge is 2.11. The van der Waals surface area contributed by atoms with Crippen LogP contribution >= 0.6 is 35.6 Å². The summed E-state index contributed by atoms with van der Waals surface area (Å²) in [4.78, 5) is 4.62. The van der Waals surface area contributed by atoms with Crippen molar-refractivity contribution in [2.75, 3.05) is 6.26 Å². The van der Waals surface area contributed by atoms with Gasteiger partial charge in [0.05, 0.1) is 16.5 Å². The lowest BCUT2D eigenvalue weighted by Gasteiger charge is -2.11. The van der Waals surface area contributed by atoms with E-state index in [0.717, 1.165) is 27.9 Å². The van der Waals surface area contributed by atoms with Crippen molar-refractivity contribution >= 4 is 45.4 Å². The van der Waals surface area contributed by atoms with Gasteiger partial charge in [-0.15, -0.1) is 24.0 Å². The van der Waals surface area contributed by atoms with E-state index in [1.807, 2.05) is 30.3 Å². The van der Waals surface area contributed by atoms with Gasteiger partial charge in [-0.3, -0.25) is 4.98 Å². The Hall–Kier alpha value is -1.59. The van der Waals surface area contributed by atoms with Gasteiger partial charge in [0.1, 0.15) is 0 Å². The summed E-state index contributed by atoms with van der Waals surface area (Å²) < 4.78 is 23.3. The van der Waals surface area contributed by atoms with Crippen LogP contribution in [-0.4, -0.2) is 19.7 Å². The highest BCUT2D eigenvalue weighted by molar-refractivity contribution is 7.90. The predicted octanol–water partition coefficient (Wildman–Crippen LogP) is 5.63. The van der Waals surface area contributed by atoms with Gasteiger partial charge in [-0.1, -0.05) is 35.9 Å². The van der Waals surface area contributed by atoms with Gasteiger partial charge in [0.2, 0.25) is 0 Å². The summed E-state index contributed by atoms with van der Waals surface area (Å²) in [6.07, 6.45) is 2.96. The van der Waals surface area contributed by atoms with Gasteiger partial charge in [-0.25, -0.2) is 8.42 Å². The number of rotatable bonds is 4. The zero-order valence-electron chi connectivity index (χ0n) is 13.8. The third kappa shape index (κ3) is 4.57. The molecule has 0 radical (unpaired) electrons. The smallest absolute Gasteiger partial charge is 0.175 e.